The van der Waals surface area contributed by atoms with Crippen LogP contribution in [0.25, 0.3) is 10.2 Å². The third-order valence-electron chi connectivity index (χ3n) is 6.46. The van der Waals surface area contributed by atoms with Gasteiger partial charge in [-0.05, 0) is 54.6 Å². The van der Waals surface area contributed by atoms with Crippen molar-refractivity contribution >= 4 is 59.9 Å². The molecule has 0 radical (unpaired) electrons. The van der Waals surface area contributed by atoms with E-state index >= 15 is 0 Å². The normalized spacial score (nSPS) is 14.4. The summed E-state index contributed by atoms with van der Waals surface area (Å²) in [7, 11) is -2.29. The minimum Gasteiger partial charge on any atom is -0.497 e. The van der Waals surface area contributed by atoms with Crippen LogP contribution in [0.15, 0.2) is 71.6 Å². The number of sulfonamides is 1. The molecule has 0 spiro atoms. The van der Waals surface area contributed by atoms with Gasteiger partial charge in [0.25, 0.3) is 15.9 Å². The van der Waals surface area contributed by atoms with E-state index in [-0.39, 0.29) is 10.8 Å². The molecule has 0 atom stereocenters. The highest BCUT2D eigenvalue weighted by molar-refractivity contribution is 7.92. The van der Waals surface area contributed by atoms with E-state index < -0.39 is 10.0 Å². The first-order valence-electron chi connectivity index (χ1n) is 12.4. The van der Waals surface area contributed by atoms with Crippen molar-refractivity contribution in [3.63, 3.8) is 0 Å². The number of anilines is 2. The van der Waals surface area contributed by atoms with Crippen LogP contribution in [0.1, 0.15) is 10.4 Å². The fraction of sp³-hybridized carbons (Fsp3) is 0.259. The number of thiazole rings is 1. The Bertz CT molecular complexity index is 1570. The topological polar surface area (TPSA) is 104 Å². The molecule has 0 unspecified atom stereocenters. The maximum Gasteiger partial charge on any atom is 0.261 e. The highest BCUT2D eigenvalue weighted by atomic mass is 35.5. The van der Waals surface area contributed by atoms with Gasteiger partial charge in [-0.15, -0.1) is 0 Å². The number of piperazine rings is 1. The predicted octanol–water partition coefficient (Wildman–Crippen LogP) is 4.31. The first kappa shape index (κ1) is 27.2. The minimum atomic E-state index is -3.81. The minimum absolute atomic E-state index is 0.102. The Hall–Kier alpha value is -3.38. The van der Waals surface area contributed by atoms with Gasteiger partial charge in [0.1, 0.15) is 11.3 Å². The third-order valence-corrected chi connectivity index (χ3v) is 9.25. The van der Waals surface area contributed by atoms with Crippen molar-refractivity contribution in [3.8, 4) is 5.75 Å². The smallest absolute Gasteiger partial charge is 0.261 e. The zero-order valence-corrected chi connectivity index (χ0v) is 23.7. The molecule has 1 amide bonds. The number of nitrogens with zero attached hydrogens (tertiary/aromatic N) is 3. The van der Waals surface area contributed by atoms with E-state index in [1.807, 2.05) is 18.2 Å². The molecule has 3 aromatic carbocycles. The van der Waals surface area contributed by atoms with Gasteiger partial charge in [-0.25, -0.2) is 13.4 Å². The van der Waals surface area contributed by atoms with Gasteiger partial charge in [-0.3, -0.25) is 14.4 Å². The molecule has 39 heavy (non-hydrogen) atoms. The van der Waals surface area contributed by atoms with Crippen LogP contribution in [0.2, 0.25) is 5.02 Å². The fourth-order valence-electron chi connectivity index (χ4n) is 4.32. The van der Waals surface area contributed by atoms with Crippen LogP contribution in [0.4, 0.5) is 10.8 Å². The van der Waals surface area contributed by atoms with Crippen molar-refractivity contribution in [2.75, 3.05) is 56.0 Å². The summed E-state index contributed by atoms with van der Waals surface area (Å²) in [6.45, 7) is 4.63. The van der Waals surface area contributed by atoms with Crippen molar-refractivity contribution in [3.05, 3.63) is 77.3 Å². The lowest BCUT2D eigenvalue weighted by Crippen LogP contribution is -2.48. The zero-order chi connectivity index (χ0) is 27.4. The molecule has 2 N–H and O–H groups in total. The van der Waals surface area contributed by atoms with E-state index in [0.29, 0.717) is 28.6 Å². The molecule has 4 aromatic rings. The SMILES string of the molecule is COc1ccc(S(=O)(=O)Nc2cccc(C(=O)NCCN3CCN(c4nc5c(Cl)cccc5s4)CC3)c2)cc1. The van der Waals surface area contributed by atoms with E-state index in [1.54, 1.807) is 41.7 Å². The lowest BCUT2D eigenvalue weighted by atomic mass is 10.2. The molecule has 0 saturated carbocycles. The van der Waals surface area contributed by atoms with Crippen LogP contribution in [-0.2, 0) is 10.0 Å². The first-order chi connectivity index (χ1) is 18.8. The van der Waals surface area contributed by atoms with Crippen LogP contribution in [0.5, 0.6) is 5.75 Å². The van der Waals surface area contributed by atoms with E-state index in [4.69, 9.17) is 21.3 Å². The molecule has 1 aromatic heterocycles. The number of aromatic nitrogens is 1. The van der Waals surface area contributed by atoms with E-state index in [1.165, 1.54) is 25.3 Å². The van der Waals surface area contributed by atoms with Gasteiger partial charge >= 0.3 is 0 Å². The van der Waals surface area contributed by atoms with Crippen molar-refractivity contribution in [1.82, 2.24) is 15.2 Å². The number of benzene rings is 3. The van der Waals surface area contributed by atoms with Crippen LogP contribution >= 0.6 is 22.9 Å². The van der Waals surface area contributed by atoms with Gasteiger partial charge in [0.05, 0.1) is 21.7 Å². The lowest BCUT2D eigenvalue weighted by Gasteiger charge is -2.34. The monoisotopic (exact) mass is 585 g/mol. The quantitative estimate of drug-likeness (QED) is 0.302. The molecule has 1 fully saturated rings. The van der Waals surface area contributed by atoms with Crippen molar-refractivity contribution in [2.24, 2.45) is 0 Å². The second-order valence-corrected chi connectivity index (χ2v) is 12.1. The Balaban J connectivity index is 1.10. The van der Waals surface area contributed by atoms with Crippen molar-refractivity contribution in [2.45, 2.75) is 4.90 Å². The van der Waals surface area contributed by atoms with Gasteiger partial charge in [0, 0.05) is 50.5 Å². The van der Waals surface area contributed by atoms with E-state index in [0.717, 1.165) is 48.1 Å². The van der Waals surface area contributed by atoms with Gasteiger partial charge in [0.2, 0.25) is 0 Å². The zero-order valence-electron chi connectivity index (χ0n) is 21.3. The predicted molar refractivity (Wildman–Crippen MR) is 156 cm³/mol. The molecule has 12 heteroatoms. The molecule has 1 saturated heterocycles. The van der Waals surface area contributed by atoms with Gasteiger partial charge in [0.15, 0.2) is 5.13 Å². The van der Waals surface area contributed by atoms with E-state index in [2.05, 4.69) is 19.8 Å². The maximum atomic E-state index is 12.7. The molecular weight excluding hydrogens is 558 g/mol. The van der Waals surface area contributed by atoms with Gasteiger partial charge in [-0.2, -0.15) is 0 Å². The van der Waals surface area contributed by atoms with Gasteiger partial charge < -0.3 is 15.0 Å². The highest BCUT2D eigenvalue weighted by Crippen LogP contribution is 2.33. The highest BCUT2D eigenvalue weighted by Gasteiger charge is 2.21. The number of ether oxygens (including phenoxy) is 1. The Morgan fingerprint density at radius 3 is 2.51 bits per heavy atom. The summed E-state index contributed by atoms with van der Waals surface area (Å²) in [5.41, 5.74) is 1.54. The molecule has 1 aliphatic heterocycles. The van der Waals surface area contributed by atoms with Crippen LogP contribution in [0, 0.1) is 0 Å². The summed E-state index contributed by atoms with van der Waals surface area (Å²) in [6, 6.07) is 18.4. The molecule has 0 aliphatic carbocycles. The average Bonchev–Trinajstić information content (AvgIpc) is 3.39. The summed E-state index contributed by atoms with van der Waals surface area (Å²) in [5, 5.41) is 4.59. The van der Waals surface area contributed by atoms with Crippen molar-refractivity contribution in [1.29, 1.82) is 0 Å². The molecule has 2 heterocycles. The van der Waals surface area contributed by atoms with Crippen LogP contribution in [0.3, 0.4) is 0 Å². The van der Waals surface area contributed by atoms with Crippen molar-refractivity contribution < 1.29 is 17.9 Å². The maximum absolute atomic E-state index is 12.7. The summed E-state index contributed by atoms with van der Waals surface area (Å²) in [6.07, 6.45) is 0. The Kier molecular flexibility index (Phi) is 8.22. The largest absolute Gasteiger partial charge is 0.497 e. The van der Waals surface area contributed by atoms with E-state index in [9.17, 15) is 13.2 Å². The number of hydrogen-bond acceptors (Lipinski definition) is 8. The Morgan fingerprint density at radius 2 is 1.79 bits per heavy atom. The number of para-hydroxylation sites is 1. The molecule has 0 bridgehead atoms. The Labute approximate surface area is 236 Å². The standard InChI is InChI=1S/C27H28ClN5O4S2/c1-37-21-8-10-22(11-9-21)39(35,36)31-20-5-2-4-19(18-20)26(34)29-12-13-32-14-16-33(17-15-32)27-30-25-23(28)6-3-7-24(25)38-27/h2-11,18,31H,12-17H2,1H3,(H,29,34). The van der Waals surface area contributed by atoms with Crippen LogP contribution in [-0.4, -0.2) is 70.6 Å². The second kappa shape index (κ2) is 11.8. The second-order valence-electron chi connectivity index (χ2n) is 9.03. The van der Waals surface area contributed by atoms with Gasteiger partial charge in [-0.1, -0.05) is 35.1 Å². The molecular formula is C27H28ClN5O4S2. The van der Waals surface area contributed by atoms with Crippen LogP contribution < -0.4 is 19.7 Å². The average molecular weight is 586 g/mol. The Morgan fingerprint density at radius 1 is 1.05 bits per heavy atom. The number of methoxy groups -OCH3 is 1. The number of carbonyl (C=O) groups is 1. The fourth-order valence-corrected chi connectivity index (χ4v) is 6.69. The third kappa shape index (κ3) is 6.44. The summed E-state index contributed by atoms with van der Waals surface area (Å²) < 4.78 is 34.2. The number of carbonyl (C=O) groups excluding carboxylic acids is 1. The number of amides is 1. The first-order valence-corrected chi connectivity index (χ1v) is 15.1. The number of fused-ring (bicyclic) bond motifs is 1. The summed E-state index contributed by atoms with van der Waals surface area (Å²) in [5.74, 6) is 0.304. The molecule has 204 valence electrons. The summed E-state index contributed by atoms with van der Waals surface area (Å²) in [4.78, 5) is 22.1. The molecule has 9 nitrogen and oxygen atoms in total. The molecule has 5 rings (SSSR count). The number of halogens is 1. The lowest BCUT2D eigenvalue weighted by molar-refractivity contribution is 0.0948. The molecule has 1 aliphatic rings. The number of nitrogens with one attached hydrogen (secondary N) is 2. The number of hydrogen-bond donors (Lipinski definition) is 2. The number of rotatable bonds is 9. The summed E-state index contributed by atoms with van der Waals surface area (Å²) >= 11 is 7.93.